The van der Waals surface area contributed by atoms with Gasteiger partial charge < -0.3 is 40.5 Å². The van der Waals surface area contributed by atoms with Crippen LogP contribution in [0.5, 0.6) is 0 Å². The van der Waals surface area contributed by atoms with Gasteiger partial charge in [-0.1, -0.05) is 12.1 Å². The maximum Gasteiger partial charge on any atom is 0.490 e. The number of halogens is 6. The molecule has 2 amide bonds. The number of fused-ring (bicyclic) bond motifs is 1. The number of aromatic carboxylic acids is 1. The van der Waals surface area contributed by atoms with Crippen molar-refractivity contribution in [2.24, 2.45) is 11.3 Å². The molecule has 2 aromatic carbocycles. The number of benzene rings is 2. The van der Waals surface area contributed by atoms with Gasteiger partial charge in [0.1, 0.15) is 6.04 Å². The Balaban J connectivity index is 0.000000410. The Kier molecular flexibility index (Phi) is 13.8. The molecule has 2 aromatic rings. The van der Waals surface area contributed by atoms with E-state index in [0.717, 1.165) is 81.5 Å². The first kappa shape index (κ1) is 42.8. The van der Waals surface area contributed by atoms with E-state index >= 15 is 0 Å². The number of amides is 2. The van der Waals surface area contributed by atoms with Gasteiger partial charge in [-0.3, -0.25) is 9.59 Å². The third-order valence-corrected chi connectivity index (χ3v) is 10.3. The van der Waals surface area contributed by atoms with Crippen LogP contribution in [-0.2, 0) is 30.3 Å². The minimum absolute atomic E-state index is 0.0453. The van der Waals surface area contributed by atoms with Crippen LogP contribution in [0.15, 0.2) is 42.5 Å². The Bertz CT molecular complexity index is 1670. The molecule has 1 atom stereocenters. The molecule has 3 heterocycles. The number of ether oxygens (including phenoxy) is 1. The second kappa shape index (κ2) is 17.7. The fourth-order valence-electron chi connectivity index (χ4n) is 7.47. The van der Waals surface area contributed by atoms with Crippen LogP contribution < -0.4 is 15.5 Å². The van der Waals surface area contributed by atoms with Crippen molar-refractivity contribution in [2.45, 2.75) is 69.4 Å². The molecular formula is C36H42F6N4O9. The monoisotopic (exact) mass is 788 g/mol. The predicted molar refractivity (Wildman–Crippen MR) is 184 cm³/mol. The topological polar surface area (TPSA) is 186 Å². The van der Waals surface area contributed by atoms with Crippen molar-refractivity contribution in [3.05, 3.63) is 59.2 Å². The van der Waals surface area contributed by atoms with Gasteiger partial charge in [0, 0.05) is 44.0 Å². The molecule has 13 nitrogen and oxygen atoms in total. The van der Waals surface area contributed by atoms with Crippen molar-refractivity contribution in [3.63, 3.8) is 0 Å². The van der Waals surface area contributed by atoms with Crippen molar-refractivity contribution >= 4 is 41.1 Å². The number of alkyl halides is 6. The molecule has 0 bridgehead atoms. The van der Waals surface area contributed by atoms with E-state index in [2.05, 4.69) is 21.6 Å². The number of methoxy groups -OCH3 is 1. The lowest BCUT2D eigenvalue weighted by Gasteiger charge is -2.51. The summed E-state index contributed by atoms with van der Waals surface area (Å²) in [4.78, 5) is 61.3. The number of aliphatic carboxylic acids is 2. The number of carbonyl (C=O) groups excluding carboxylic acids is 2. The third-order valence-electron chi connectivity index (χ3n) is 10.3. The number of nitrogens with zero attached hydrogens (tertiary/aromatic N) is 2. The molecule has 3 fully saturated rings. The highest BCUT2D eigenvalue weighted by molar-refractivity contribution is 5.99. The number of nitrogens with one attached hydrogen (secondary N) is 2. The Labute approximate surface area is 311 Å². The van der Waals surface area contributed by atoms with Gasteiger partial charge in [0.05, 0.1) is 11.7 Å². The smallest absolute Gasteiger partial charge is 0.478 e. The van der Waals surface area contributed by atoms with Crippen molar-refractivity contribution in [2.75, 3.05) is 50.1 Å². The second-order valence-electron chi connectivity index (χ2n) is 13.8. The minimum Gasteiger partial charge on any atom is -0.478 e. The van der Waals surface area contributed by atoms with Crippen LogP contribution in [-0.4, -0.2) is 108 Å². The summed E-state index contributed by atoms with van der Waals surface area (Å²) in [5.74, 6) is -6.77. The summed E-state index contributed by atoms with van der Waals surface area (Å²) in [5.41, 5.74) is 4.09. The molecule has 6 rings (SSSR count). The van der Waals surface area contributed by atoms with Crippen LogP contribution in [0.25, 0.3) is 0 Å². The average Bonchev–Trinajstić information content (AvgIpc) is 3.13. The zero-order valence-electron chi connectivity index (χ0n) is 29.7. The lowest BCUT2D eigenvalue weighted by atomic mass is 9.57. The quantitative estimate of drug-likeness (QED) is 0.245. The molecule has 302 valence electrons. The van der Waals surface area contributed by atoms with Gasteiger partial charge in [0.2, 0.25) is 5.91 Å². The molecule has 19 heteroatoms. The molecule has 1 spiro atoms. The molecule has 1 aliphatic carbocycles. The molecule has 0 radical (unpaired) electrons. The lowest BCUT2D eigenvalue weighted by molar-refractivity contribution is -0.193. The van der Waals surface area contributed by atoms with Crippen molar-refractivity contribution < 1.29 is 70.4 Å². The third kappa shape index (κ3) is 10.9. The van der Waals surface area contributed by atoms with Crippen molar-refractivity contribution in [1.82, 2.24) is 10.2 Å². The van der Waals surface area contributed by atoms with E-state index in [9.17, 15) is 45.8 Å². The maximum atomic E-state index is 14.0. The van der Waals surface area contributed by atoms with Gasteiger partial charge in [-0.25, -0.2) is 14.4 Å². The van der Waals surface area contributed by atoms with E-state index in [1.165, 1.54) is 12.1 Å². The summed E-state index contributed by atoms with van der Waals surface area (Å²) >= 11 is 0. The fourth-order valence-corrected chi connectivity index (χ4v) is 7.47. The van der Waals surface area contributed by atoms with Gasteiger partial charge in [0.25, 0.3) is 5.91 Å². The standard InChI is InChI=1S/C32H40N4O5.2C2HF3O2/c1-41-24-9-16-35(17-10-24)27-4-2-3-26-25(27)11-18-36(30(38)22-19-32(20-22)12-14-33-15-13-32)28(26)29(37)34-23-7-5-21(6-8-23)31(39)40;2*3-2(4,5)1(6)7/h2-8,22,24,28,33H,9-20H2,1H3,(H,34,37)(H,39,40);2*(H,6,7). The van der Waals surface area contributed by atoms with E-state index in [-0.39, 0.29) is 34.8 Å². The van der Waals surface area contributed by atoms with E-state index in [0.29, 0.717) is 18.7 Å². The van der Waals surface area contributed by atoms with Gasteiger partial charge >= 0.3 is 30.3 Å². The highest BCUT2D eigenvalue weighted by Crippen LogP contribution is 2.53. The van der Waals surface area contributed by atoms with Crippen LogP contribution in [0.2, 0.25) is 0 Å². The Morgan fingerprint density at radius 1 is 0.836 bits per heavy atom. The highest BCUT2D eigenvalue weighted by Gasteiger charge is 2.50. The van der Waals surface area contributed by atoms with Crippen molar-refractivity contribution in [3.8, 4) is 0 Å². The highest BCUT2D eigenvalue weighted by atomic mass is 19.4. The number of hydrogen-bond acceptors (Lipinski definition) is 8. The first-order chi connectivity index (χ1) is 25.8. The van der Waals surface area contributed by atoms with E-state index < -0.39 is 36.3 Å². The number of piperidine rings is 2. The zero-order valence-corrected chi connectivity index (χ0v) is 29.7. The SMILES string of the molecule is COC1CCN(c2cccc3c2CCN(C(=O)C2CC4(CCNCC4)C2)C3C(=O)Nc2ccc(C(=O)O)cc2)CC1.O=C(O)C(F)(F)F.O=C(O)C(F)(F)F. The molecule has 5 N–H and O–H groups in total. The number of carbonyl (C=O) groups is 5. The Hall–Kier alpha value is -4.91. The van der Waals surface area contributed by atoms with Gasteiger partial charge in [-0.15, -0.1) is 0 Å². The van der Waals surface area contributed by atoms with Gasteiger partial charge in [0.15, 0.2) is 0 Å². The summed E-state index contributed by atoms with van der Waals surface area (Å²) in [5, 5.41) is 29.9. The first-order valence-electron chi connectivity index (χ1n) is 17.4. The van der Waals surface area contributed by atoms with E-state index in [1.54, 1.807) is 19.2 Å². The Morgan fingerprint density at radius 3 is 1.87 bits per heavy atom. The molecule has 1 saturated carbocycles. The fraction of sp³-hybridized carbons (Fsp3) is 0.528. The number of anilines is 2. The molecule has 4 aliphatic rings. The lowest BCUT2D eigenvalue weighted by Crippen LogP contribution is -2.54. The Morgan fingerprint density at radius 2 is 1.38 bits per heavy atom. The molecular weight excluding hydrogens is 746 g/mol. The van der Waals surface area contributed by atoms with Crippen LogP contribution in [0.3, 0.4) is 0 Å². The predicted octanol–water partition coefficient (Wildman–Crippen LogP) is 5.11. The molecule has 1 unspecified atom stereocenters. The molecule has 2 saturated heterocycles. The summed E-state index contributed by atoms with van der Waals surface area (Å²) in [6.07, 6.45) is -3.25. The molecule has 3 aliphatic heterocycles. The van der Waals surface area contributed by atoms with E-state index in [1.807, 2.05) is 17.0 Å². The number of rotatable bonds is 6. The number of carboxylic acid groups (broad SMARTS) is 3. The van der Waals surface area contributed by atoms with Crippen LogP contribution >= 0.6 is 0 Å². The summed E-state index contributed by atoms with van der Waals surface area (Å²) in [6.45, 7) is 4.30. The largest absolute Gasteiger partial charge is 0.490 e. The second-order valence-corrected chi connectivity index (χ2v) is 13.8. The number of hydrogen-bond donors (Lipinski definition) is 5. The summed E-state index contributed by atoms with van der Waals surface area (Å²) < 4.78 is 69.0. The normalized spacial score (nSPS) is 19.7. The molecule has 55 heavy (non-hydrogen) atoms. The van der Waals surface area contributed by atoms with Gasteiger partial charge in [-0.2, -0.15) is 26.3 Å². The van der Waals surface area contributed by atoms with Crippen molar-refractivity contribution in [1.29, 1.82) is 0 Å². The maximum absolute atomic E-state index is 14.0. The minimum atomic E-state index is -5.08. The van der Waals surface area contributed by atoms with Gasteiger partial charge in [-0.05, 0) is 105 Å². The summed E-state index contributed by atoms with van der Waals surface area (Å²) in [7, 11) is 1.77. The van der Waals surface area contributed by atoms with Crippen LogP contribution in [0, 0.1) is 11.3 Å². The first-order valence-corrected chi connectivity index (χ1v) is 17.4. The summed E-state index contributed by atoms with van der Waals surface area (Å²) in [6, 6.07) is 11.5. The van der Waals surface area contributed by atoms with E-state index in [4.69, 9.17) is 24.5 Å². The molecule has 0 aromatic heterocycles. The average molecular weight is 789 g/mol. The zero-order chi connectivity index (χ0) is 40.7. The van der Waals surface area contributed by atoms with Crippen LogP contribution in [0.1, 0.15) is 66.1 Å². The van der Waals surface area contributed by atoms with Crippen LogP contribution in [0.4, 0.5) is 37.7 Å². The number of carboxylic acids is 3.